The van der Waals surface area contributed by atoms with Gasteiger partial charge in [-0.3, -0.25) is 4.90 Å². The average Bonchev–Trinajstić information content (AvgIpc) is 3.14. The summed E-state index contributed by atoms with van der Waals surface area (Å²) in [4.78, 5) is 14.5. The SMILES string of the molecule is Cc1c(CCN2CCCNCC23CCCC3)ccc2c1COC2=O. The van der Waals surface area contributed by atoms with Crippen molar-refractivity contribution in [1.29, 1.82) is 0 Å². The molecule has 1 N–H and O–H groups in total. The summed E-state index contributed by atoms with van der Waals surface area (Å²) in [6.45, 7) is 7.22. The standard InChI is InChI=1S/C20H28N2O2/c1-15-16(5-6-17-18(15)13-24-19(17)23)7-12-22-11-4-10-21-14-20(22)8-2-3-9-20/h5-6,21H,2-4,7-14H2,1H3. The van der Waals surface area contributed by atoms with Gasteiger partial charge in [-0.15, -0.1) is 0 Å². The Kier molecular flexibility index (Phi) is 4.35. The number of benzene rings is 1. The predicted octanol–water partition coefficient (Wildman–Crippen LogP) is 2.82. The first-order valence-electron chi connectivity index (χ1n) is 9.44. The van der Waals surface area contributed by atoms with Gasteiger partial charge in [-0.05, 0) is 62.9 Å². The van der Waals surface area contributed by atoms with E-state index in [1.54, 1.807) is 0 Å². The highest BCUT2D eigenvalue weighted by Gasteiger charge is 2.39. The Labute approximate surface area is 144 Å². The Balaban J connectivity index is 1.51. The third-order valence-electron chi connectivity index (χ3n) is 6.37. The van der Waals surface area contributed by atoms with E-state index < -0.39 is 0 Å². The Morgan fingerprint density at radius 2 is 2.08 bits per heavy atom. The highest BCUT2D eigenvalue weighted by atomic mass is 16.5. The lowest BCUT2D eigenvalue weighted by molar-refractivity contribution is 0.0535. The van der Waals surface area contributed by atoms with Gasteiger partial charge in [0.1, 0.15) is 6.61 Å². The molecule has 1 aromatic carbocycles. The summed E-state index contributed by atoms with van der Waals surface area (Å²) in [7, 11) is 0. The maximum absolute atomic E-state index is 11.7. The quantitative estimate of drug-likeness (QED) is 0.867. The van der Waals surface area contributed by atoms with Crippen molar-refractivity contribution in [2.24, 2.45) is 0 Å². The number of ether oxygens (including phenoxy) is 1. The lowest BCUT2D eigenvalue weighted by Crippen LogP contribution is -2.52. The van der Waals surface area contributed by atoms with Crippen LogP contribution in [0.4, 0.5) is 0 Å². The van der Waals surface area contributed by atoms with E-state index in [0.29, 0.717) is 12.1 Å². The number of nitrogens with one attached hydrogen (secondary N) is 1. The minimum absolute atomic E-state index is 0.164. The Morgan fingerprint density at radius 1 is 1.25 bits per heavy atom. The minimum atomic E-state index is -0.164. The van der Waals surface area contributed by atoms with Crippen LogP contribution in [0.15, 0.2) is 12.1 Å². The van der Waals surface area contributed by atoms with Crippen LogP contribution in [0.3, 0.4) is 0 Å². The van der Waals surface area contributed by atoms with Crippen molar-refractivity contribution in [3.05, 3.63) is 34.4 Å². The first-order valence-corrected chi connectivity index (χ1v) is 9.44. The van der Waals surface area contributed by atoms with Gasteiger partial charge in [-0.2, -0.15) is 0 Å². The van der Waals surface area contributed by atoms with Crippen molar-refractivity contribution in [3.63, 3.8) is 0 Å². The molecule has 2 heterocycles. The predicted molar refractivity (Wildman–Crippen MR) is 94.3 cm³/mol. The van der Waals surface area contributed by atoms with E-state index in [2.05, 4.69) is 23.2 Å². The van der Waals surface area contributed by atoms with Crippen LogP contribution < -0.4 is 5.32 Å². The van der Waals surface area contributed by atoms with Crippen LogP contribution >= 0.6 is 0 Å². The molecule has 4 rings (SSSR count). The first kappa shape index (κ1) is 16.1. The Hall–Kier alpha value is -1.39. The third-order valence-corrected chi connectivity index (χ3v) is 6.37. The first-order chi connectivity index (χ1) is 11.7. The van der Waals surface area contributed by atoms with Crippen molar-refractivity contribution < 1.29 is 9.53 Å². The van der Waals surface area contributed by atoms with Gasteiger partial charge in [0.25, 0.3) is 0 Å². The summed E-state index contributed by atoms with van der Waals surface area (Å²) in [5.41, 5.74) is 4.89. The molecule has 3 aliphatic rings. The molecule has 24 heavy (non-hydrogen) atoms. The van der Waals surface area contributed by atoms with Gasteiger partial charge in [0.15, 0.2) is 0 Å². The van der Waals surface area contributed by atoms with E-state index >= 15 is 0 Å². The summed E-state index contributed by atoms with van der Waals surface area (Å²) in [6.07, 6.45) is 7.73. The molecule has 1 aliphatic carbocycles. The molecule has 0 atom stereocenters. The fourth-order valence-corrected chi connectivity index (χ4v) is 4.86. The third kappa shape index (κ3) is 2.76. The molecule has 4 heteroatoms. The maximum Gasteiger partial charge on any atom is 0.338 e. The van der Waals surface area contributed by atoms with Crippen molar-refractivity contribution in [2.75, 3.05) is 26.2 Å². The zero-order chi connectivity index (χ0) is 16.6. The molecule has 0 unspecified atom stereocenters. The van der Waals surface area contributed by atoms with E-state index in [1.165, 1.54) is 49.8 Å². The van der Waals surface area contributed by atoms with Crippen LogP contribution in [0.1, 0.15) is 59.2 Å². The molecular weight excluding hydrogens is 300 g/mol. The lowest BCUT2D eigenvalue weighted by Gasteiger charge is -2.40. The average molecular weight is 328 g/mol. The number of nitrogens with zero attached hydrogens (tertiary/aromatic N) is 1. The smallest absolute Gasteiger partial charge is 0.338 e. The van der Waals surface area contributed by atoms with Gasteiger partial charge in [-0.25, -0.2) is 4.79 Å². The second kappa shape index (κ2) is 6.49. The van der Waals surface area contributed by atoms with Crippen molar-refractivity contribution in [3.8, 4) is 0 Å². The van der Waals surface area contributed by atoms with Crippen LogP contribution in [0, 0.1) is 6.92 Å². The van der Waals surface area contributed by atoms with E-state index in [1.807, 2.05) is 6.07 Å². The van der Waals surface area contributed by atoms with Crippen LogP contribution in [0.25, 0.3) is 0 Å². The summed E-state index contributed by atoms with van der Waals surface area (Å²) in [5, 5.41) is 3.66. The Bertz CT molecular complexity index is 635. The molecule has 1 aromatic rings. The molecule has 1 saturated carbocycles. The van der Waals surface area contributed by atoms with Crippen molar-refractivity contribution in [2.45, 2.75) is 57.6 Å². The molecule has 0 bridgehead atoms. The minimum Gasteiger partial charge on any atom is -0.457 e. The molecule has 0 amide bonds. The molecule has 0 aromatic heterocycles. The monoisotopic (exact) mass is 328 g/mol. The molecule has 4 nitrogen and oxygen atoms in total. The molecule has 2 aliphatic heterocycles. The van der Waals surface area contributed by atoms with Crippen molar-refractivity contribution >= 4 is 5.97 Å². The number of hydrogen-bond donors (Lipinski definition) is 1. The Morgan fingerprint density at radius 3 is 2.92 bits per heavy atom. The highest BCUT2D eigenvalue weighted by Crippen LogP contribution is 2.36. The van der Waals surface area contributed by atoms with Gasteiger partial charge < -0.3 is 10.1 Å². The summed E-state index contributed by atoms with van der Waals surface area (Å²) >= 11 is 0. The number of cyclic esters (lactones) is 1. The van der Waals surface area contributed by atoms with Crippen LogP contribution in [0.2, 0.25) is 0 Å². The number of esters is 1. The second-order valence-electron chi connectivity index (χ2n) is 7.65. The molecule has 0 radical (unpaired) electrons. The van der Waals surface area contributed by atoms with Crippen molar-refractivity contribution in [1.82, 2.24) is 10.2 Å². The van der Waals surface area contributed by atoms with Gasteiger partial charge in [0.05, 0.1) is 5.56 Å². The van der Waals surface area contributed by atoms with E-state index in [-0.39, 0.29) is 5.97 Å². The van der Waals surface area contributed by atoms with Gasteiger partial charge in [-0.1, -0.05) is 18.9 Å². The normalized spacial score (nSPS) is 23.3. The number of carbonyl (C=O) groups excluding carboxylic acids is 1. The number of carbonyl (C=O) groups is 1. The number of hydrogen-bond acceptors (Lipinski definition) is 4. The van der Waals surface area contributed by atoms with Gasteiger partial charge in [0.2, 0.25) is 0 Å². The molecule has 1 saturated heterocycles. The summed E-state index contributed by atoms with van der Waals surface area (Å²) in [6, 6.07) is 4.10. The van der Waals surface area contributed by atoms with E-state index in [4.69, 9.17) is 4.74 Å². The molecule has 1 spiro atoms. The lowest BCUT2D eigenvalue weighted by atomic mass is 9.93. The molecule has 130 valence electrons. The van der Waals surface area contributed by atoms with Crippen LogP contribution in [0.5, 0.6) is 0 Å². The van der Waals surface area contributed by atoms with Gasteiger partial charge in [0, 0.05) is 24.2 Å². The fourth-order valence-electron chi connectivity index (χ4n) is 4.86. The zero-order valence-corrected chi connectivity index (χ0v) is 14.7. The largest absolute Gasteiger partial charge is 0.457 e. The van der Waals surface area contributed by atoms with E-state index in [0.717, 1.165) is 37.2 Å². The number of rotatable bonds is 3. The summed E-state index contributed by atoms with van der Waals surface area (Å²) in [5.74, 6) is -0.164. The van der Waals surface area contributed by atoms with E-state index in [9.17, 15) is 4.79 Å². The molecular formula is C20H28N2O2. The highest BCUT2D eigenvalue weighted by molar-refractivity contribution is 5.93. The van der Waals surface area contributed by atoms with Gasteiger partial charge >= 0.3 is 5.97 Å². The fraction of sp³-hybridized carbons (Fsp3) is 0.650. The summed E-state index contributed by atoms with van der Waals surface area (Å²) < 4.78 is 5.19. The second-order valence-corrected chi connectivity index (χ2v) is 7.65. The zero-order valence-electron chi connectivity index (χ0n) is 14.7. The van der Waals surface area contributed by atoms with Crippen LogP contribution in [-0.2, 0) is 17.8 Å². The molecule has 2 fully saturated rings. The topological polar surface area (TPSA) is 41.6 Å². The van der Waals surface area contributed by atoms with Crippen LogP contribution in [-0.4, -0.2) is 42.6 Å². The maximum atomic E-state index is 11.7. The number of fused-ring (bicyclic) bond motifs is 1.